The lowest BCUT2D eigenvalue weighted by Gasteiger charge is -2.05. The molecule has 0 fully saturated rings. The van der Waals surface area contributed by atoms with Crippen molar-refractivity contribution in [2.24, 2.45) is 0 Å². The van der Waals surface area contributed by atoms with Gasteiger partial charge in [0, 0.05) is 25.1 Å². The number of nitrogens with one attached hydrogen (secondary N) is 2. The highest BCUT2D eigenvalue weighted by atomic mass is 32.1. The molecule has 0 radical (unpaired) electrons. The van der Waals surface area contributed by atoms with Gasteiger partial charge in [-0.05, 0) is 42.0 Å². The van der Waals surface area contributed by atoms with Crippen molar-refractivity contribution in [3.63, 3.8) is 0 Å². The molecule has 3 aromatic rings. The van der Waals surface area contributed by atoms with Gasteiger partial charge in [0.1, 0.15) is 16.6 Å². The van der Waals surface area contributed by atoms with Crippen LogP contribution in [0.3, 0.4) is 0 Å². The molecule has 6 nitrogen and oxygen atoms in total. The Balaban J connectivity index is 1.42. The van der Waals surface area contributed by atoms with Crippen molar-refractivity contribution in [1.82, 2.24) is 15.5 Å². The molecule has 0 aliphatic rings. The maximum absolute atomic E-state index is 12.9. The molecule has 0 aliphatic heterocycles. The van der Waals surface area contributed by atoms with Crippen LogP contribution in [0.1, 0.15) is 20.9 Å². The Kier molecular flexibility index (Phi) is 5.75. The van der Waals surface area contributed by atoms with Gasteiger partial charge in [0.15, 0.2) is 0 Å². The van der Waals surface area contributed by atoms with Crippen LogP contribution in [0.2, 0.25) is 0 Å². The van der Waals surface area contributed by atoms with Gasteiger partial charge < -0.3 is 15.7 Å². The van der Waals surface area contributed by atoms with Crippen LogP contribution >= 0.6 is 11.3 Å². The molecule has 26 heavy (non-hydrogen) atoms. The van der Waals surface area contributed by atoms with E-state index >= 15 is 0 Å². The van der Waals surface area contributed by atoms with Crippen molar-refractivity contribution in [1.29, 1.82) is 0 Å². The molecule has 0 bridgehead atoms. The first-order valence-corrected chi connectivity index (χ1v) is 8.80. The van der Waals surface area contributed by atoms with Gasteiger partial charge in [0.2, 0.25) is 5.13 Å². The number of amides is 1. The number of carbonyl (C=O) groups is 1. The lowest BCUT2D eigenvalue weighted by atomic mass is 10.2. The van der Waals surface area contributed by atoms with Gasteiger partial charge in [-0.2, -0.15) is 0 Å². The third-order valence-electron chi connectivity index (χ3n) is 3.55. The Bertz CT molecular complexity index is 866. The van der Waals surface area contributed by atoms with E-state index in [1.165, 1.54) is 35.6 Å². The summed E-state index contributed by atoms with van der Waals surface area (Å²) in [6.45, 7) is 0.932. The van der Waals surface area contributed by atoms with Crippen LogP contribution in [0, 0.1) is 5.82 Å². The summed E-state index contributed by atoms with van der Waals surface area (Å²) in [6, 6.07) is 12.4. The van der Waals surface area contributed by atoms with Crippen LogP contribution < -0.4 is 10.6 Å². The molecule has 0 saturated heterocycles. The Morgan fingerprint density at radius 2 is 1.77 bits per heavy atom. The minimum absolute atomic E-state index is 0.121. The molecule has 1 heterocycles. The highest BCUT2D eigenvalue weighted by Gasteiger charge is 2.07. The number of hydrogen-bond donors (Lipinski definition) is 3. The lowest BCUT2D eigenvalue weighted by Crippen LogP contribution is -2.28. The van der Waals surface area contributed by atoms with Crippen molar-refractivity contribution in [2.45, 2.75) is 6.42 Å². The van der Waals surface area contributed by atoms with Crippen LogP contribution in [-0.2, 0) is 6.42 Å². The molecular formula is C18H17FN4O2S. The molecule has 1 aromatic heterocycles. The average molecular weight is 372 g/mol. The highest BCUT2D eigenvalue weighted by Crippen LogP contribution is 2.18. The standard InChI is InChI=1S/C18H17FN4O2S/c19-14-5-1-12(2-6-14)11-16-22-23-18(26-16)21-10-9-20-17(25)13-3-7-15(24)8-4-13/h1-8,24H,9-11H2,(H,20,25)(H,21,23). The Labute approximate surface area is 153 Å². The van der Waals surface area contributed by atoms with Gasteiger partial charge in [-0.1, -0.05) is 23.5 Å². The van der Waals surface area contributed by atoms with E-state index < -0.39 is 0 Å². The monoisotopic (exact) mass is 372 g/mol. The summed E-state index contributed by atoms with van der Waals surface area (Å²) in [5, 5.41) is 24.8. The Hall–Kier alpha value is -3.00. The number of carbonyl (C=O) groups excluding carboxylic acids is 1. The molecule has 0 saturated carbocycles. The summed E-state index contributed by atoms with van der Waals surface area (Å²) in [4.78, 5) is 11.9. The quantitative estimate of drug-likeness (QED) is 0.555. The second kappa shape index (κ2) is 8.39. The highest BCUT2D eigenvalue weighted by molar-refractivity contribution is 7.15. The number of aromatic hydroxyl groups is 1. The number of rotatable bonds is 7. The zero-order valence-corrected chi connectivity index (χ0v) is 14.6. The number of benzene rings is 2. The molecule has 134 valence electrons. The third-order valence-corrected chi connectivity index (χ3v) is 4.43. The smallest absolute Gasteiger partial charge is 0.251 e. The number of anilines is 1. The maximum Gasteiger partial charge on any atom is 0.251 e. The molecule has 0 aliphatic carbocycles. The molecule has 2 aromatic carbocycles. The zero-order chi connectivity index (χ0) is 18.4. The van der Waals surface area contributed by atoms with E-state index in [9.17, 15) is 14.3 Å². The van der Waals surface area contributed by atoms with Crippen molar-refractivity contribution < 1.29 is 14.3 Å². The summed E-state index contributed by atoms with van der Waals surface area (Å²) in [7, 11) is 0. The van der Waals surface area contributed by atoms with Gasteiger partial charge in [-0.15, -0.1) is 10.2 Å². The Morgan fingerprint density at radius 1 is 1.04 bits per heavy atom. The molecule has 0 atom stereocenters. The summed E-state index contributed by atoms with van der Waals surface area (Å²) in [5.74, 6) is -0.347. The van der Waals surface area contributed by atoms with Gasteiger partial charge in [0.25, 0.3) is 5.91 Å². The predicted octanol–water partition coefficient (Wildman–Crippen LogP) is 2.82. The molecule has 0 unspecified atom stereocenters. The topological polar surface area (TPSA) is 87.1 Å². The van der Waals surface area contributed by atoms with Crippen LogP contribution in [0.25, 0.3) is 0 Å². The van der Waals surface area contributed by atoms with Crippen molar-refractivity contribution >= 4 is 22.4 Å². The van der Waals surface area contributed by atoms with Gasteiger partial charge in [0.05, 0.1) is 0 Å². The number of phenolic OH excluding ortho intramolecular Hbond substituents is 1. The minimum atomic E-state index is -0.261. The van der Waals surface area contributed by atoms with E-state index in [4.69, 9.17) is 0 Å². The van der Waals surface area contributed by atoms with E-state index in [1.54, 1.807) is 24.3 Å². The first-order valence-electron chi connectivity index (χ1n) is 7.98. The van der Waals surface area contributed by atoms with Crippen molar-refractivity contribution in [3.05, 3.63) is 70.5 Å². The number of halogens is 1. The van der Waals surface area contributed by atoms with Crippen LogP contribution in [0.5, 0.6) is 5.75 Å². The molecular weight excluding hydrogens is 355 g/mol. The SMILES string of the molecule is O=C(NCCNc1nnc(Cc2ccc(F)cc2)s1)c1ccc(O)cc1. The normalized spacial score (nSPS) is 10.5. The van der Waals surface area contributed by atoms with Crippen LogP contribution in [0.4, 0.5) is 9.52 Å². The Morgan fingerprint density at radius 3 is 2.50 bits per heavy atom. The first kappa shape index (κ1) is 17.8. The van der Waals surface area contributed by atoms with Crippen LogP contribution in [0.15, 0.2) is 48.5 Å². The lowest BCUT2D eigenvalue weighted by molar-refractivity contribution is 0.0955. The largest absolute Gasteiger partial charge is 0.508 e. The second-order valence-electron chi connectivity index (χ2n) is 5.53. The van der Waals surface area contributed by atoms with Gasteiger partial charge in [-0.3, -0.25) is 4.79 Å². The number of aromatic nitrogens is 2. The fourth-order valence-corrected chi connectivity index (χ4v) is 3.03. The molecule has 0 spiro atoms. The predicted molar refractivity (Wildman–Crippen MR) is 98.0 cm³/mol. The number of phenols is 1. The summed E-state index contributed by atoms with van der Waals surface area (Å²) in [6.07, 6.45) is 0.594. The van der Waals surface area contributed by atoms with Crippen molar-refractivity contribution in [2.75, 3.05) is 18.4 Å². The summed E-state index contributed by atoms with van der Waals surface area (Å²) < 4.78 is 12.9. The van der Waals surface area contributed by atoms with Gasteiger partial charge >= 0.3 is 0 Å². The molecule has 3 N–H and O–H groups in total. The zero-order valence-electron chi connectivity index (χ0n) is 13.8. The average Bonchev–Trinajstić information content (AvgIpc) is 3.08. The van der Waals surface area contributed by atoms with Crippen LogP contribution in [-0.4, -0.2) is 34.3 Å². The molecule has 3 rings (SSSR count). The van der Waals surface area contributed by atoms with E-state index in [2.05, 4.69) is 20.8 Å². The maximum atomic E-state index is 12.9. The van der Waals surface area contributed by atoms with E-state index in [0.29, 0.717) is 30.2 Å². The summed E-state index contributed by atoms with van der Waals surface area (Å²) >= 11 is 1.42. The van der Waals surface area contributed by atoms with Crippen molar-refractivity contribution in [3.8, 4) is 5.75 Å². The van der Waals surface area contributed by atoms with E-state index in [-0.39, 0.29) is 17.5 Å². The molecule has 8 heteroatoms. The fraction of sp³-hybridized carbons (Fsp3) is 0.167. The van der Waals surface area contributed by atoms with E-state index in [1.807, 2.05) is 0 Å². The third kappa shape index (κ3) is 5.00. The fourth-order valence-electron chi connectivity index (χ4n) is 2.23. The number of hydrogen-bond acceptors (Lipinski definition) is 6. The second-order valence-corrected chi connectivity index (χ2v) is 6.60. The minimum Gasteiger partial charge on any atom is -0.508 e. The molecule has 1 amide bonds. The van der Waals surface area contributed by atoms with E-state index in [0.717, 1.165) is 10.6 Å². The first-order chi connectivity index (χ1) is 12.6. The summed E-state index contributed by atoms with van der Waals surface area (Å²) in [5.41, 5.74) is 1.45. The number of nitrogens with zero attached hydrogens (tertiary/aromatic N) is 2. The van der Waals surface area contributed by atoms with Gasteiger partial charge in [-0.25, -0.2) is 4.39 Å².